The Morgan fingerprint density at radius 1 is 1.28 bits per heavy atom. The third-order valence-electron chi connectivity index (χ3n) is 2.76. The topological polar surface area (TPSA) is 75.4 Å². The van der Waals surface area contributed by atoms with E-state index in [0.29, 0.717) is 0 Å². The number of hydrogen-bond donors (Lipinski definition) is 2. The summed E-state index contributed by atoms with van der Waals surface area (Å²) < 4.78 is 0. The van der Waals surface area contributed by atoms with Crippen LogP contribution in [0.15, 0.2) is 0 Å². The summed E-state index contributed by atoms with van der Waals surface area (Å²) in [5.74, 6) is -0.249. The molecule has 0 fully saturated rings. The second-order valence-corrected chi connectivity index (χ2v) is 6.15. The third-order valence-corrected chi connectivity index (χ3v) is 2.76. The van der Waals surface area contributed by atoms with Gasteiger partial charge < -0.3 is 16.0 Å². The van der Waals surface area contributed by atoms with Crippen LogP contribution in [0.3, 0.4) is 0 Å². The van der Waals surface area contributed by atoms with Gasteiger partial charge >= 0.3 is 0 Å². The molecule has 0 aliphatic carbocycles. The molecular formula is C13H27N3O2. The molecule has 0 spiro atoms. The molecule has 3 N–H and O–H groups in total. The maximum absolute atomic E-state index is 11.9. The molecule has 1 atom stereocenters. The van der Waals surface area contributed by atoms with Gasteiger partial charge in [-0.1, -0.05) is 20.8 Å². The van der Waals surface area contributed by atoms with Crippen molar-refractivity contribution >= 4 is 11.8 Å². The summed E-state index contributed by atoms with van der Waals surface area (Å²) in [4.78, 5) is 24.8. The van der Waals surface area contributed by atoms with Crippen LogP contribution in [-0.2, 0) is 9.59 Å². The molecule has 5 nitrogen and oxygen atoms in total. The van der Waals surface area contributed by atoms with Crippen LogP contribution in [0.25, 0.3) is 0 Å². The zero-order valence-electron chi connectivity index (χ0n) is 12.4. The lowest BCUT2D eigenvalue weighted by atomic mass is 9.85. The van der Waals surface area contributed by atoms with Gasteiger partial charge in [0.1, 0.15) is 0 Å². The Bertz CT molecular complexity index is 295. The number of nitrogens with zero attached hydrogens (tertiary/aromatic N) is 1. The molecule has 0 aromatic heterocycles. The van der Waals surface area contributed by atoms with Gasteiger partial charge in [0.15, 0.2) is 0 Å². The van der Waals surface area contributed by atoms with E-state index in [2.05, 4.69) is 5.32 Å². The van der Waals surface area contributed by atoms with Gasteiger partial charge in [0.25, 0.3) is 0 Å². The Kier molecular flexibility index (Phi) is 6.32. The molecule has 0 saturated carbocycles. The minimum atomic E-state index is -0.208. The Labute approximate surface area is 110 Å². The first-order valence-corrected chi connectivity index (χ1v) is 6.33. The van der Waals surface area contributed by atoms with Crippen LogP contribution in [0, 0.1) is 5.41 Å². The van der Waals surface area contributed by atoms with Crippen molar-refractivity contribution in [1.82, 2.24) is 10.2 Å². The zero-order valence-corrected chi connectivity index (χ0v) is 12.4. The number of nitrogens with one attached hydrogen (secondary N) is 1. The van der Waals surface area contributed by atoms with Crippen molar-refractivity contribution in [2.75, 3.05) is 13.6 Å². The quantitative estimate of drug-likeness (QED) is 0.762. The van der Waals surface area contributed by atoms with Crippen molar-refractivity contribution in [2.45, 2.75) is 53.1 Å². The van der Waals surface area contributed by atoms with Crippen molar-refractivity contribution in [3.8, 4) is 0 Å². The number of rotatable bonds is 5. The lowest BCUT2D eigenvalue weighted by Gasteiger charge is -2.28. The average Bonchev–Trinajstić information content (AvgIpc) is 2.14. The van der Waals surface area contributed by atoms with Gasteiger partial charge in [-0.2, -0.15) is 0 Å². The standard InChI is InChI=1S/C13H27N3O2/c1-9(2)15-11(17)8-16(6)12(18)7-10(14)13(3,4)5/h9-10H,7-8,14H2,1-6H3,(H,15,17). The number of carbonyl (C=O) groups is 2. The smallest absolute Gasteiger partial charge is 0.239 e. The first-order chi connectivity index (χ1) is 8.04. The van der Waals surface area contributed by atoms with E-state index in [1.807, 2.05) is 34.6 Å². The van der Waals surface area contributed by atoms with E-state index in [1.54, 1.807) is 7.05 Å². The lowest BCUT2D eigenvalue weighted by molar-refractivity contribution is -0.135. The molecule has 0 aliphatic heterocycles. The zero-order chi connectivity index (χ0) is 14.5. The summed E-state index contributed by atoms with van der Waals surface area (Å²) in [7, 11) is 1.62. The van der Waals surface area contributed by atoms with E-state index in [1.165, 1.54) is 4.90 Å². The predicted molar refractivity (Wildman–Crippen MR) is 73.0 cm³/mol. The molecule has 0 aromatic carbocycles. The van der Waals surface area contributed by atoms with Gasteiger partial charge in [-0.25, -0.2) is 0 Å². The van der Waals surface area contributed by atoms with Crippen molar-refractivity contribution in [2.24, 2.45) is 11.1 Å². The van der Waals surface area contributed by atoms with Gasteiger partial charge in [0, 0.05) is 25.6 Å². The van der Waals surface area contributed by atoms with E-state index in [-0.39, 0.29) is 42.3 Å². The monoisotopic (exact) mass is 257 g/mol. The minimum Gasteiger partial charge on any atom is -0.352 e. The average molecular weight is 257 g/mol. The second kappa shape index (κ2) is 6.73. The number of amides is 2. The summed E-state index contributed by atoms with van der Waals surface area (Å²) in [6, 6.07) is -0.126. The second-order valence-electron chi connectivity index (χ2n) is 6.15. The SMILES string of the molecule is CC(C)NC(=O)CN(C)C(=O)CC(N)C(C)(C)C. The summed E-state index contributed by atoms with van der Waals surface area (Å²) in [6.45, 7) is 9.83. The van der Waals surface area contributed by atoms with Crippen molar-refractivity contribution in [1.29, 1.82) is 0 Å². The molecule has 0 saturated heterocycles. The van der Waals surface area contributed by atoms with Crippen molar-refractivity contribution in [3.05, 3.63) is 0 Å². The molecule has 2 amide bonds. The molecule has 5 heteroatoms. The molecule has 1 unspecified atom stereocenters. The van der Waals surface area contributed by atoms with E-state index in [4.69, 9.17) is 5.73 Å². The van der Waals surface area contributed by atoms with E-state index in [9.17, 15) is 9.59 Å². The van der Waals surface area contributed by atoms with E-state index in [0.717, 1.165) is 0 Å². The van der Waals surface area contributed by atoms with E-state index < -0.39 is 0 Å². The van der Waals surface area contributed by atoms with Gasteiger partial charge in [0.2, 0.25) is 11.8 Å². The fraction of sp³-hybridized carbons (Fsp3) is 0.846. The largest absolute Gasteiger partial charge is 0.352 e. The fourth-order valence-electron chi connectivity index (χ4n) is 1.32. The number of nitrogens with two attached hydrogens (primary N) is 1. The Balaban J connectivity index is 4.23. The summed E-state index contributed by atoms with van der Waals surface area (Å²) >= 11 is 0. The Morgan fingerprint density at radius 2 is 1.78 bits per heavy atom. The molecule has 0 heterocycles. The first kappa shape index (κ1) is 16.9. The van der Waals surface area contributed by atoms with Gasteiger partial charge in [-0.15, -0.1) is 0 Å². The minimum absolute atomic E-state index is 0.0773. The van der Waals surface area contributed by atoms with Gasteiger partial charge in [-0.05, 0) is 19.3 Å². The maximum atomic E-state index is 11.9. The van der Waals surface area contributed by atoms with Crippen LogP contribution in [0.4, 0.5) is 0 Å². The van der Waals surface area contributed by atoms with Crippen molar-refractivity contribution in [3.63, 3.8) is 0 Å². The number of likely N-dealkylation sites (N-methyl/N-ethyl adjacent to an activating group) is 1. The molecule has 0 aliphatic rings. The highest BCUT2D eigenvalue weighted by molar-refractivity contribution is 5.84. The van der Waals surface area contributed by atoms with Crippen LogP contribution in [0.2, 0.25) is 0 Å². The third kappa shape index (κ3) is 6.59. The lowest BCUT2D eigenvalue weighted by Crippen LogP contribution is -2.44. The molecule has 0 radical (unpaired) electrons. The van der Waals surface area contributed by atoms with Crippen LogP contribution >= 0.6 is 0 Å². The van der Waals surface area contributed by atoms with Crippen molar-refractivity contribution < 1.29 is 9.59 Å². The van der Waals surface area contributed by atoms with E-state index >= 15 is 0 Å². The highest BCUT2D eigenvalue weighted by atomic mass is 16.2. The fourth-order valence-corrected chi connectivity index (χ4v) is 1.32. The normalized spacial score (nSPS) is 13.3. The van der Waals surface area contributed by atoms with Crippen LogP contribution < -0.4 is 11.1 Å². The van der Waals surface area contributed by atoms with Crippen LogP contribution in [0.1, 0.15) is 41.0 Å². The van der Waals surface area contributed by atoms with Crippen LogP contribution in [0.5, 0.6) is 0 Å². The number of carbonyl (C=O) groups excluding carboxylic acids is 2. The molecule has 0 aromatic rings. The highest BCUT2D eigenvalue weighted by Crippen LogP contribution is 2.20. The molecule has 18 heavy (non-hydrogen) atoms. The maximum Gasteiger partial charge on any atom is 0.239 e. The van der Waals surface area contributed by atoms with Gasteiger partial charge in [0.05, 0.1) is 6.54 Å². The van der Waals surface area contributed by atoms with Crippen LogP contribution in [-0.4, -0.2) is 42.4 Å². The molecular weight excluding hydrogens is 230 g/mol. The molecule has 0 rings (SSSR count). The predicted octanol–water partition coefficient (Wildman–Crippen LogP) is 0.733. The number of hydrogen-bond acceptors (Lipinski definition) is 3. The summed E-state index contributed by atoms with van der Waals surface area (Å²) in [6.07, 6.45) is 0.259. The van der Waals surface area contributed by atoms with Gasteiger partial charge in [-0.3, -0.25) is 9.59 Å². The molecule has 0 bridgehead atoms. The summed E-state index contributed by atoms with van der Waals surface area (Å²) in [5, 5.41) is 2.75. The first-order valence-electron chi connectivity index (χ1n) is 6.33. The Hall–Kier alpha value is -1.10. The molecule has 106 valence electrons. The highest BCUT2D eigenvalue weighted by Gasteiger charge is 2.25. The summed E-state index contributed by atoms with van der Waals surface area (Å²) in [5.41, 5.74) is 5.84. The Morgan fingerprint density at radius 3 is 2.17 bits per heavy atom.